The molecule has 0 radical (unpaired) electrons. The second kappa shape index (κ2) is 6.70. The molecule has 1 saturated heterocycles. The van der Waals surface area contributed by atoms with Gasteiger partial charge in [-0.25, -0.2) is 9.18 Å². The number of rotatable bonds is 3. The monoisotopic (exact) mass is 446 g/mol. The number of hydrogen-bond donors (Lipinski definition) is 0. The van der Waals surface area contributed by atoms with Gasteiger partial charge in [-0.3, -0.25) is 14.5 Å². The molecule has 1 fully saturated rings. The summed E-state index contributed by atoms with van der Waals surface area (Å²) in [5, 5.41) is 0. The van der Waals surface area contributed by atoms with E-state index in [2.05, 4.69) is 15.9 Å². The van der Waals surface area contributed by atoms with E-state index >= 15 is 0 Å². The fraction of sp³-hybridized carbons (Fsp3) is 0.250. The topological polar surface area (TPSA) is 66.9 Å². The minimum atomic E-state index is -1.52. The molecule has 144 valence electrons. The number of ether oxygens (including phenoxy) is 1. The van der Waals surface area contributed by atoms with E-state index in [9.17, 15) is 18.8 Å². The summed E-state index contributed by atoms with van der Waals surface area (Å²) in [5.74, 6) is -1.70. The highest BCUT2D eigenvalue weighted by atomic mass is 79.9. The molecule has 2 aromatic carbocycles. The number of halogens is 2. The molecule has 0 saturated carbocycles. The third kappa shape index (κ3) is 2.63. The summed E-state index contributed by atoms with van der Waals surface area (Å²) in [6, 6.07) is 10.8. The van der Waals surface area contributed by atoms with Crippen LogP contribution < -0.4 is 4.90 Å². The maximum atomic E-state index is 13.3. The molecule has 2 aliphatic heterocycles. The molecular formula is C20H16BrFN2O4. The number of carbonyl (C=O) groups is 3. The van der Waals surface area contributed by atoms with E-state index in [0.29, 0.717) is 21.3 Å². The minimum Gasteiger partial charge on any atom is -0.458 e. The minimum absolute atomic E-state index is 0.118. The average Bonchev–Trinajstić information content (AvgIpc) is 3.04. The fourth-order valence-corrected chi connectivity index (χ4v) is 4.25. The number of hydrogen-bond acceptors (Lipinski definition) is 4. The summed E-state index contributed by atoms with van der Waals surface area (Å²) in [5.41, 5.74) is -0.167. The molecule has 1 unspecified atom stereocenters. The summed E-state index contributed by atoms with van der Waals surface area (Å²) < 4.78 is 19.2. The van der Waals surface area contributed by atoms with Crippen LogP contribution >= 0.6 is 15.9 Å². The van der Waals surface area contributed by atoms with Crippen molar-refractivity contribution in [2.24, 2.45) is 0 Å². The highest BCUT2D eigenvalue weighted by Crippen LogP contribution is 2.44. The van der Waals surface area contributed by atoms with Crippen molar-refractivity contribution in [1.82, 2.24) is 4.90 Å². The number of carbonyl (C=O) groups excluding carboxylic acids is 3. The van der Waals surface area contributed by atoms with Gasteiger partial charge >= 0.3 is 5.97 Å². The van der Waals surface area contributed by atoms with E-state index in [1.165, 1.54) is 35.0 Å². The van der Waals surface area contributed by atoms with Gasteiger partial charge in [0.15, 0.2) is 0 Å². The van der Waals surface area contributed by atoms with Crippen molar-refractivity contribution in [3.63, 3.8) is 0 Å². The lowest BCUT2D eigenvalue weighted by Gasteiger charge is -2.46. The molecule has 8 heteroatoms. The maximum Gasteiger partial charge on any atom is 0.354 e. The van der Waals surface area contributed by atoms with Crippen LogP contribution in [0.4, 0.5) is 10.1 Å². The van der Waals surface area contributed by atoms with Crippen LogP contribution in [0.1, 0.15) is 28.8 Å². The molecular weight excluding hydrogens is 431 g/mol. The number of fused-ring (bicyclic) bond motifs is 3. The molecule has 0 aliphatic carbocycles. The number of esters is 1. The second-order valence-electron chi connectivity index (χ2n) is 6.74. The van der Waals surface area contributed by atoms with Gasteiger partial charge in [0.2, 0.25) is 11.6 Å². The van der Waals surface area contributed by atoms with Crippen LogP contribution in [0.5, 0.6) is 0 Å². The maximum absolute atomic E-state index is 13.3. The van der Waals surface area contributed by atoms with Crippen LogP contribution in [0.3, 0.4) is 0 Å². The number of likely N-dealkylation sites (N-methyl/N-ethyl adjacent to an activating group) is 1. The molecule has 2 amide bonds. The third-order valence-corrected chi connectivity index (χ3v) is 5.98. The molecule has 2 aliphatic rings. The van der Waals surface area contributed by atoms with Crippen molar-refractivity contribution < 1.29 is 23.5 Å². The first-order chi connectivity index (χ1) is 13.4. The molecule has 0 spiro atoms. The van der Waals surface area contributed by atoms with Crippen molar-refractivity contribution in [3.05, 3.63) is 63.9 Å². The van der Waals surface area contributed by atoms with Gasteiger partial charge in [-0.15, -0.1) is 0 Å². The second-order valence-corrected chi connectivity index (χ2v) is 7.59. The Bertz CT molecular complexity index is 1010. The Morgan fingerprint density at radius 1 is 1.25 bits per heavy atom. The summed E-state index contributed by atoms with van der Waals surface area (Å²) in [6.45, 7) is -0.118. The van der Waals surface area contributed by atoms with Crippen LogP contribution in [-0.2, 0) is 20.9 Å². The molecule has 4 rings (SSSR count). The van der Waals surface area contributed by atoms with Crippen LogP contribution in [0.15, 0.2) is 46.9 Å². The van der Waals surface area contributed by atoms with Gasteiger partial charge in [-0.1, -0.05) is 34.1 Å². The van der Waals surface area contributed by atoms with E-state index in [0.717, 1.165) is 0 Å². The van der Waals surface area contributed by atoms with E-state index in [-0.39, 0.29) is 31.3 Å². The van der Waals surface area contributed by atoms with Gasteiger partial charge < -0.3 is 9.64 Å². The van der Waals surface area contributed by atoms with Gasteiger partial charge in [0.1, 0.15) is 12.4 Å². The normalized spacial score (nSPS) is 20.8. The van der Waals surface area contributed by atoms with E-state index in [4.69, 9.17) is 4.74 Å². The molecule has 6 nitrogen and oxygen atoms in total. The molecule has 1 atom stereocenters. The van der Waals surface area contributed by atoms with Gasteiger partial charge in [-0.05, 0) is 24.3 Å². The fourth-order valence-electron chi connectivity index (χ4n) is 3.79. The largest absolute Gasteiger partial charge is 0.458 e. The Morgan fingerprint density at radius 2 is 2.00 bits per heavy atom. The van der Waals surface area contributed by atoms with Gasteiger partial charge in [0.05, 0.1) is 11.3 Å². The Morgan fingerprint density at radius 3 is 2.75 bits per heavy atom. The van der Waals surface area contributed by atoms with Gasteiger partial charge in [-0.2, -0.15) is 0 Å². The van der Waals surface area contributed by atoms with Crippen LogP contribution in [0.25, 0.3) is 0 Å². The highest BCUT2D eigenvalue weighted by molar-refractivity contribution is 9.10. The number of para-hydroxylation sites is 1. The zero-order valence-electron chi connectivity index (χ0n) is 14.9. The van der Waals surface area contributed by atoms with Crippen LogP contribution in [0, 0.1) is 5.82 Å². The standard InChI is InChI=1S/C20H16BrFN2O4/c1-23-18(26)14-4-2-3-5-16(14)24-17(25)8-9-20(23,24)19(27)28-11-12-6-7-13(22)10-15(12)21/h2-7,10H,8-9,11H2,1H3. The lowest BCUT2D eigenvalue weighted by atomic mass is 9.97. The summed E-state index contributed by atoms with van der Waals surface area (Å²) in [4.78, 5) is 41.3. The zero-order valence-corrected chi connectivity index (χ0v) is 16.5. The Kier molecular flexibility index (Phi) is 4.45. The van der Waals surface area contributed by atoms with Crippen molar-refractivity contribution in [2.45, 2.75) is 25.1 Å². The molecule has 0 N–H and O–H groups in total. The first-order valence-electron chi connectivity index (χ1n) is 8.67. The van der Waals surface area contributed by atoms with E-state index < -0.39 is 17.4 Å². The number of benzene rings is 2. The Balaban J connectivity index is 1.69. The summed E-state index contributed by atoms with van der Waals surface area (Å²) >= 11 is 3.24. The summed E-state index contributed by atoms with van der Waals surface area (Å²) in [6.07, 6.45) is 0.271. The molecule has 0 bridgehead atoms. The van der Waals surface area contributed by atoms with Crippen molar-refractivity contribution in [1.29, 1.82) is 0 Å². The lowest BCUT2D eigenvalue weighted by Crippen LogP contribution is -2.67. The number of amides is 2. The highest BCUT2D eigenvalue weighted by Gasteiger charge is 2.60. The van der Waals surface area contributed by atoms with Crippen molar-refractivity contribution in [3.8, 4) is 0 Å². The van der Waals surface area contributed by atoms with Crippen molar-refractivity contribution in [2.75, 3.05) is 11.9 Å². The third-order valence-electron chi connectivity index (χ3n) is 5.24. The molecule has 0 aromatic heterocycles. The zero-order chi connectivity index (χ0) is 20.1. The van der Waals surface area contributed by atoms with Crippen LogP contribution in [0.2, 0.25) is 0 Å². The van der Waals surface area contributed by atoms with E-state index in [1.54, 1.807) is 24.3 Å². The van der Waals surface area contributed by atoms with Crippen LogP contribution in [-0.4, -0.2) is 35.4 Å². The Hall–Kier alpha value is -2.74. The van der Waals surface area contributed by atoms with Crippen molar-refractivity contribution >= 4 is 39.4 Å². The van der Waals surface area contributed by atoms with Gasteiger partial charge in [0.25, 0.3) is 5.91 Å². The molecule has 2 aromatic rings. The Labute approximate surface area is 169 Å². The first-order valence-corrected chi connectivity index (χ1v) is 9.47. The first kappa shape index (κ1) is 18.6. The van der Waals surface area contributed by atoms with E-state index in [1.807, 2.05) is 0 Å². The quantitative estimate of drug-likeness (QED) is 0.678. The summed E-state index contributed by atoms with van der Waals surface area (Å²) in [7, 11) is 1.50. The number of anilines is 1. The smallest absolute Gasteiger partial charge is 0.354 e. The average molecular weight is 447 g/mol. The predicted molar refractivity (Wildman–Crippen MR) is 102 cm³/mol. The predicted octanol–water partition coefficient (Wildman–Crippen LogP) is 3.24. The molecule has 28 heavy (non-hydrogen) atoms. The number of nitrogens with zero attached hydrogens (tertiary/aromatic N) is 2. The lowest BCUT2D eigenvalue weighted by molar-refractivity contribution is -0.157. The SMILES string of the molecule is CN1C(=O)c2ccccc2N2C(=O)CCC12C(=O)OCc1ccc(F)cc1Br. The molecule has 2 heterocycles. The van der Waals surface area contributed by atoms with Gasteiger partial charge in [0, 0.05) is 29.9 Å².